The fraction of sp³-hybridized carbons (Fsp3) is 0.333. The molecule has 1 aromatic rings. The van der Waals surface area contributed by atoms with E-state index in [0.29, 0.717) is 10.0 Å². The van der Waals surface area contributed by atoms with Gasteiger partial charge in [-0.15, -0.1) is 0 Å². The summed E-state index contributed by atoms with van der Waals surface area (Å²) < 4.78 is 0. The highest BCUT2D eigenvalue weighted by atomic mass is 35.5. The first-order valence-electron chi connectivity index (χ1n) is 5.37. The monoisotopic (exact) mass is 304 g/mol. The highest BCUT2D eigenvalue weighted by Crippen LogP contribution is 2.26. The number of carbonyl (C=O) groups is 1. The first-order chi connectivity index (χ1) is 8.32. The van der Waals surface area contributed by atoms with Crippen molar-refractivity contribution in [2.45, 2.75) is 19.9 Å². The summed E-state index contributed by atoms with van der Waals surface area (Å²) in [4.78, 5) is 12.0. The van der Waals surface area contributed by atoms with Gasteiger partial charge in [-0.3, -0.25) is 4.79 Å². The van der Waals surface area contributed by atoms with Crippen molar-refractivity contribution < 1.29 is 4.79 Å². The number of nitrogens with one attached hydrogen (secondary N) is 1. The van der Waals surface area contributed by atoms with Crippen LogP contribution in [0.4, 0.5) is 0 Å². The van der Waals surface area contributed by atoms with E-state index < -0.39 is 5.92 Å². The lowest BCUT2D eigenvalue weighted by atomic mass is 10.1. The summed E-state index contributed by atoms with van der Waals surface area (Å²) in [5.41, 5.74) is 6.22. The summed E-state index contributed by atoms with van der Waals surface area (Å²) in [6.07, 6.45) is 0. The van der Waals surface area contributed by atoms with E-state index in [1.807, 2.05) is 6.92 Å². The smallest absolute Gasteiger partial charge is 0.230 e. The van der Waals surface area contributed by atoms with E-state index in [4.69, 9.17) is 41.2 Å². The second-order valence-corrected chi connectivity index (χ2v) is 5.34. The van der Waals surface area contributed by atoms with Gasteiger partial charge in [0.15, 0.2) is 0 Å². The van der Waals surface area contributed by atoms with Gasteiger partial charge in [-0.25, -0.2) is 0 Å². The molecule has 0 radical (unpaired) electrons. The predicted molar refractivity (Wildman–Crippen MR) is 79.0 cm³/mol. The van der Waals surface area contributed by atoms with Crippen LogP contribution in [0.2, 0.25) is 10.0 Å². The lowest BCUT2D eigenvalue weighted by Crippen LogP contribution is -2.37. The number of hydrogen-bond acceptors (Lipinski definition) is 2. The van der Waals surface area contributed by atoms with Gasteiger partial charge in [-0.2, -0.15) is 0 Å². The summed E-state index contributed by atoms with van der Waals surface area (Å²) in [6.45, 7) is 3.49. The summed E-state index contributed by atoms with van der Waals surface area (Å²) in [7, 11) is 0. The van der Waals surface area contributed by atoms with Crippen molar-refractivity contribution in [2.24, 2.45) is 11.7 Å². The number of halogens is 2. The number of rotatable bonds is 4. The molecule has 0 saturated carbocycles. The van der Waals surface area contributed by atoms with Crippen LogP contribution in [0.25, 0.3) is 0 Å². The Kier molecular flexibility index (Phi) is 5.38. The molecule has 2 unspecified atom stereocenters. The van der Waals surface area contributed by atoms with E-state index in [0.717, 1.165) is 5.56 Å². The number of hydrogen-bond donors (Lipinski definition) is 2. The molecule has 2 atom stereocenters. The molecule has 6 heteroatoms. The van der Waals surface area contributed by atoms with E-state index >= 15 is 0 Å². The molecule has 18 heavy (non-hydrogen) atoms. The molecule has 98 valence electrons. The second-order valence-electron chi connectivity index (χ2n) is 4.02. The minimum absolute atomic E-state index is 0.168. The van der Waals surface area contributed by atoms with Gasteiger partial charge in [0.25, 0.3) is 0 Å². The van der Waals surface area contributed by atoms with Crippen molar-refractivity contribution in [2.75, 3.05) is 0 Å². The number of thiocarbonyl (C=S) groups is 1. The van der Waals surface area contributed by atoms with E-state index in [9.17, 15) is 4.79 Å². The largest absolute Gasteiger partial charge is 0.393 e. The molecule has 0 saturated heterocycles. The second kappa shape index (κ2) is 6.36. The fourth-order valence-corrected chi connectivity index (χ4v) is 2.08. The molecule has 3 N–H and O–H groups in total. The lowest BCUT2D eigenvalue weighted by molar-refractivity contribution is -0.123. The Morgan fingerprint density at radius 3 is 2.50 bits per heavy atom. The van der Waals surface area contributed by atoms with E-state index in [1.165, 1.54) is 0 Å². The Bertz CT molecular complexity index is 479. The van der Waals surface area contributed by atoms with Crippen LogP contribution in [0, 0.1) is 5.92 Å². The number of carbonyl (C=O) groups excluding carboxylic acids is 1. The van der Waals surface area contributed by atoms with Crippen LogP contribution in [-0.2, 0) is 4.79 Å². The van der Waals surface area contributed by atoms with Crippen molar-refractivity contribution in [3.8, 4) is 0 Å². The fourth-order valence-electron chi connectivity index (χ4n) is 1.40. The highest BCUT2D eigenvalue weighted by Gasteiger charge is 2.19. The van der Waals surface area contributed by atoms with Crippen molar-refractivity contribution in [3.63, 3.8) is 0 Å². The Balaban J connectivity index is 2.79. The van der Waals surface area contributed by atoms with E-state index in [-0.39, 0.29) is 16.9 Å². The number of benzene rings is 1. The molecule has 1 rings (SSSR count). The predicted octanol–water partition coefficient (Wildman–Crippen LogP) is 3.09. The third-order valence-corrected chi connectivity index (χ3v) is 3.52. The van der Waals surface area contributed by atoms with Crippen LogP contribution >= 0.6 is 35.4 Å². The maximum atomic E-state index is 11.8. The zero-order valence-electron chi connectivity index (χ0n) is 10.0. The molecule has 0 bridgehead atoms. The zero-order chi connectivity index (χ0) is 13.9. The first kappa shape index (κ1) is 15.2. The molecule has 0 spiro atoms. The third-order valence-electron chi connectivity index (χ3n) is 2.61. The van der Waals surface area contributed by atoms with Gasteiger partial charge in [0.1, 0.15) is 0 Å². The Hall–Kier alpha value is -0.840. The van der Waals surface area contributed by atoms with Crippen molar-refractivity contribution in [1.82, 2.24) is 5.32 Å². The first-order valence-corrected chi connectivity index (χ1v) is 6.54. The number of nitrogens with two attached hydrogens (primary N) is 1. The van der Waals surface area contributed by atoms with Crippen LogP contribution in [0.5, 0.6) is 0 Å². The average Bonchev–Trinajstić information content (AvgIpc) is 2.27. The van der Waals surface area contributed by atoms with Crippen molar-refractivity contribution >= 4 is 46.3 Å². The van der Waals surface area contributed by atoms with Gasteiger partial charge in [0.2, 0.25) is 5.91 Å². The number of amides is 1. The van der Waals surface area contributed by atoms with Gasteiger partial charge >= 0.3 is 0 Å². The highest BCUT2D eigenvalue weighted by molar-refractivity contribution is 7.80. The topological polar surface area (TPSA) is 55.1 Å². The van der Waals surface area contributed by atoms with Gasteiger partial charge in [0.05, 0.1) is 16.9 Å². The van der Waals surface area contributed by atoms with Gasteiger partial charge < -0.3 is 11.1 Å². The van der Waals surface area contributed by atoms with Crippen molar-refractivity contribution in [3.05, 3.63) is 33.8 Å². The quantitative estimate of drug-likeness (QED) is 0.841. The van der Waals surface area contributed by atoms with Crippen LogP contribution in [0.1, 0.15) is 25.5 Å². The van der Waals surface area contributed by atoms with Crippen LogP contribution in [-0.4, -0.2) is 10.9 Å². The Labute approximate surface area is 122 Å². The molecule has 1 aromatic carbocycles. The minimum Gasteiger partial charge on any atom is -0.393 e. The molecule has 1 amide bonds. The molecule has 0 aliphatic heterocycles. The normalized spacial score (nSPS) is 13.8. The molecule has 3 nitrogen and oxygen atoms in total. The van der Waals surface area contributed by atoms with Gasteiger partial charge in [-0.1, -0.05) is 41.5 Å². The maximum absolute atomic E-state index is 11.8. The van der Waals surface area contributed by atoms with E-state index in [1.54, 1.807) is 25.1 Å². The summed E-state index contributed by atoms with van der Waals surface area (Å²) in [5, 5.41) is 3.87. The Morgan fingerprint density at radius 1 is 1.39 bits per heavy atom. The maximum Gasteiger partial charge on any atom is 0.230 e. The molecule has 0 aliphatic rings. The van der Waals surface area contributed by atoms with Crippen LogP contribution in [0.3, 0.4) is 0 Å². The molecule has 0 aromatic heterocycles. The zero-order valence-corrected chi connectivity index (χ0v) is 12.4. The summed E-state index contributed by atoms with van der Waals surface area (Å²) >= 11 is 16.7. The molecular formula is C12H14Cl2N2OS. The standard InChI is InChI=1S/C12H14Cl2N2OS/c1-6(11(15)18)12(17)16-7(2)9-4-3-8(13)5-10(9)14/h3-7H,1-2H3,(H2,15,18)(H,16,17). The minimum atomic E-state index is -0.506. The van der Waals surface area contributed by atoms with E-state index in [2.05, 4.69) is 5.32 Å². The average molecular weight is 305 g/mol. The van der Waals surface area contributed by atoms with Gasteiger partial charge in [0, 0.05) is 10.0 Å². The van der Waals surface area contributed by atoms with Crippen LogP contribution in [0.15, 0.2) is 18.2 Å². The van der Waals surface area contributed by atoms with Gasteiger partial charge in [-0.05, 0) is 31.5 Å². The third kappa shape index (κ3) is 3.83. The molecule has 0 heterocycles. The molecular weight excluding hydrogens is 291 g/mol. The Morgan fingerprint density at radius 2 is 2.00 bits per heavy atom. The van der Waals surface area contributed by atoms with Crippen molar-refractivity contribution in [1.29, 1.82) is 0 Å². The molecule has 0 fully saturated rings. The lowest BCUT2D eigenvalue weighted by Gasteiger charge is -2.18. The SMILES string of the molecule is CC(C(=O)NC(C)c1ccc(Cl)cc1Cl)C(N)=S. The summed E-state index contributed by atoms with van der Waals surface area (Å²) in [5.74, 6) is -0.727. The summed E-state index contributed by atoms with van der Waals surface area (Å²) in [6, 6.07) is 4.90. The molecule has 0 aliphatic carbocycles. The van der Waals surface area contributed by atoms with Crippen LogP contribution < -0.4 is 11.1 Å².